The fourth-order valence-electron chi connectivity index (χ4n) is 13.8. The number of aromatic nitrogens is 4. The number of nitrogens with one attached hydrogen (secondary N) is 2. The first-order valence-electron chi connectivity index (χ1n) is 28.3. The van der Waals surface area contributed by atoms with Crippen molar-refractivity contribution in [2.75, 3.05) is 0 Å². The van der Waals surface area contributed by atoms with Gasteiger partial charge in [0, 0.05) is 93.7 Å². The molecule has 2 N–H and O–H groups in total. The van der Waals surface area contributed by atoms with Crippen molar-refractivity contribution in [1.29, 1.82) is 0 Å². The lowest BCUT2D eigenvalue weighted by Crippen LogP contribution is -2.30. The molecule has 0 amide bonds. The number of esters is 4. The van der Waals surface area contributed by atoms with Crippen LogP contribution in [0.1, 0.15) is 248 Å². The second kappa shape index (κ2) is 22.3. The lowest BCUT2D eigenvalue weighted by Gasteiger charge is -2.32. The molecule has 12 nitrogen and oxygen atoms in total. The van der Waals surface area contributed by atoms with Crippen molar-refractivity contribution in [3.63, 3.8) is 0 Å². The van der Waals surface area contributed by atoms with E-state index in [1.54, 1.807) is 0 Å². The van der Waals surface area contributed by atoms with Crippen LogP contribution in [-0.4, -0.2) is 68.2 Å². The number of carbonyl (C=O) groups excluding carboxylic acids is 4. The van der Waals surface area contributed by atoms with Gasteiger partial charge in [-0.05, 0) is 151 Å². The Labute approximate surface area is 423 Å². The van der Waals surface area contributed by atoms with Crippen LogP contribution in [0, 0.1) is 0 Å². The molecule has 0 spiro atoms. The van der Waals surface area contributed by atoms with Crippen LogP contribution in [0.4, 0.5) is 0 Å². The quantitative estimate of drug-likeness (QED) is 0.113. The molecule has 8 aliphatic rings. The molecule has 4 saturated carbocycles. The van der Waals surface area contributed by atoms with Gasteiger partial charge in [-0.15, -0.1) is 0 Å². The second-order valence-electron chi connectivity index (χ2n) is 22.2. The summed E-state index contributed by atoms with van der Waals surface area (Å²) in [5, 5.41) is 0. The number of ether oxygens (including phenoxy) is 4. The number of hydrogen-bond donors (Lipinski definition) is 2. The van der Waals surface area contributed by atoms with Crippen LogP contribution in [0.5, 0.6) is 0 Å². The van der Waals surface area contributed by atoms with E-state index in [-0.39, 0.29) is 72.0 Å². The standard InChI is InChI=1S/C60H74N4O8/c65-53-25-5-1-2-6-26-54(66)70-50-22-14-10-18-38(50)58-42-30-29-41(61-42)57(37-17-9-13-21-49(37)69-53)45-33-34-47(63-45)59-39-19-11-15-23-51(39)71-55(67)27-7-3-4-8-28-56(68)72-52-24-16-12-20-40(52)60(44-32-31-43(59)62-44)48-36-35-46(58)64-48/h29-40,49-52,61,63H,1-28H2/t37-,38-,39-,40-,49-,50-,51-,52-/m0/s1. The van der Waals surface area contributed by atoms with Gasteiger partial charge in [-0.1, -0.05) is 51.4 Å². The lowest BCUT2D eigenvalue weighted by atomic mass is 9.80. The van der Waals surface area contributed by atoms with Crippen molar-refractivity contribution >= 4 is 70.2 Å². The summed E-state index contributed by atoms with van der Waals surface area (Å²) in [6, 6.07) is 8.73. The highest BCUT2D eigenvalue weighted by atomic mass is 16.6. The van der Waals surface area contributed by atoms with Gasteiger partial charge >= 0.3 is 23.9 Å². The van der Waals surface area contributed by atoms with Crippen LogP contribution in [0.25, 0.3) is 46.4 Å². The average Bonchev–Trinajstić information content (AvgIpc) is 4.24. The van der Waals surface area contributed by atoms with Gasteiger partial charge in [-0.3, -0.25) is 19.2 Å². The number of carbonyl (C=O) groups is 4. The predicted octanol–water partition coefficient (Wildman–Crippen LogP) is 13.6. The molecule has 12 heteroatoms. The maximum absolute atomic E-state index is 13.7. The van der Waals surface area contributed by atoms with E-state index in [9.17, 15) is 19.2 Å². The third-order valence-corrected chi connectivity index (χ3v) is 17.4. The van der Waals surface area contributed by atoms with E-state index in [1.807, 2.05) is 0 Å². The minimum absolute atomic E-state index is 0.0848. The Hall–Kier alpha value is -5.52. The SMILES string of the molecule is O=C1CCCCCCC(=O)O[C@H]2CCCC[C@@H]2c2c3nc(c(c4nc(c5c6ccc([nH]6)c(c6ccc2[nH]6)[C@H]2CCCC[C@@H]2OC(=O)CCCCCCC(=O)O[C@H]2CCCC[C@H]52)C=C4)[C@H]2CCCC[C@@H]2O1)C=C3. The molecule has 4 fully saturated rings. The average molecular weight is 979 g/mol. The number of aromatic amines is 2. The predicted molar refractivity (Wildman–Crippen MR) is 279 cm³/mol. The van der Waals surface area contributed by atoms with Crippen molar-refractivity contribution in [3.05, 3.63) is 69.3 Å². The van der Waals surface area contributed by atoms with E-state index in [4.69, 9.17) is 28.9 Å². The van der Waals surface area contributed by atoms with E-state index >= 15 is 0 Å². The van der Waals surface area contributed by atoms with E-state index in [1.165, 1.54) is 0 Å². The van der Waals surface area contributed by atoms with Crippen molar-refractivity contribution in [2.45, 2.75) is 228 Å². The molecule has 7 heterocycles. The Morgan fingerprint density at radius 3 is 0.917 bits per heavy atom. The van der Waals surface area contributed by atoms with Crippen LogP contribution in [0.3, 0.4) is 0 Å². The van der Waals surface area contributed by atoms with Crippen molar-refractivity contribution < 1.29 is 38.1 Å². The normalized spacial score (nSPS) is 29.1. The monoisotopic (exact) mass is 979 g/mol. The van der Waals surface area contributed by atoms with Gasteiger partial charge in [0.15, 0.2) is 0 Å². The fourth-order valence-corrected chi connectivity index (χ4v) is 13.8. The third-order valence-electron chi connectivity index (χ3n) is 17.4. The molecule has 4 aliphatic heterocycles. The zero-order chi connectivity index (χ0) is 49.0. The molecule has 8 atom stereocenters. The van der Waals surface area contributed by atoms with Gasteiger partial charge in [0.05, 0.1) is 22.8 Å². The summed E-state index contributed by atoms with van der Waals surface area (Å²) < 4.78 is 26.1. The number of fused-ring (bicyclic) bond motifs is 16. The fraction of sp³-hybridized carbons (Fsp3) is 0.600. The second-order valence-corrected chi connectivity index (χ2v) is 22.2. The summed E-state index contributed by atoms with van der Waals surface area (Å²) in [4.78, 5) is 74.1. The largest absolute Gasteiger partial charge is 0.462 e. The zero-order valence-corrected chi connectivity index (χ0v) is 42.2. The Bertz CT molecular complexity index is 2710. The topological polar surface area (TPSA) is 163 Å². The van der Waals surface area contributed by atoms with Crippen LogP contribution in [0.15, 0.2) is 24.3 Å². The summed E-state index contributed by atoms with van der Waals surface area (Å²) in [7, 11) is 0. The molecule has 0 unspecified atom stereocenters. The van der Waals surface area contributed by atoms with Crippen LogP contribution in [0.2, 0.25) is 0 Å². The Morgan fingerprint density at radius 2 is 0.583 bits per heavy atom. The Balaban J connectivity index is 1.21. The molecule has 72 heavy (non-hydrogen) atoms. The van der Waals surface area contributed by atoms with E-state index < -0.39 is 0 Å². The molecule has 4 aliphatic carbocycles. The first kappa shape index (κ1) is 48.7. The third kappa shape index (κ3) is 10.6. The van der Waals surface area contributed by atoms with E-state index in [0.717, 1.165) is 215 Å². The molecule has 0 saturated heterocycles. The maximum Gasteiger partial charge on any atom is 0.306 e. The molecule has 0 radical (unpaired) electrons. The minimum Gasteiger partial charge on any atom is -0.462 e. The molecule has 0 aromatic carbocycles. The van der Waals surface area contributed by atoms with Crippen LogP contribution >= 0.6 is 0 Å². The molecule has 12 bridgehead atoms. The smallest absolute Gasteiger partial charge is 0.306 e. The van der Waals surface area contributed by atoms with E-state index in [0.29, 0.717) is 32.1 Å². The number of nitrogens with zero attached hydrogens (tertiary/aromatic N) is 2. The van der Waals surface area contributed by atoms with Gasteiger partial charge in [0.25, 0.3) is 0 Å². The Kier molecular flexibility index (Phi) is 15.1. The number of hydrogen-bond acceptors (Lipinski definition) is 10. The van der Waals surface area contributed by atoms with E-state index in [2.05, 4.69) is 58.5 Å². The molecule has 3 aromatic heterocycles. The first-order chi connectivity index (χ1) is 35.3. The summed E-state index contributed by atoms with van der Waals surface area (Å²) in [6.07, 6.45) is 29.4. The van der Waals surface area contributed by atoms with Gasteiger partial charge in [-0.2, -0.15) is 0 Å². The summed E-state index contributed by atoms with van der Waals surface area (Å²) in [5.41, 5.74) is 11.1. The van der Waals surface area contributed by atoms with Crippen molar-refractivity contribution in [1.82, 2.24) is 19.9 Å². The van der Waals surface area contributed by atoms with Gasteiger partial charge in [-0.25, -0.2) is 9.97 Å². The van der Waals surface area contributed by atoms with Gasteiger partial charge in [0.2, 0.25) is 0 Å². The van der Waals surface area contributed by atoms with Crippen LogP contribution in [-0.2, 0) is 38.1 Å². The number of rotatable bonds is 0. The van der Waals surface area contributed by atoms with Crippen molar-refractivity contribution in [2.24, 2.45) is 0 Å². The molecular formula is C60H74N4O8. The molecular weight excluding hydrogens is 905 g/mol. The van der Waals surface area contributed by atoms with Gasteiger partial charge < -0.3 is 28.9 Å². The lowest BCUT2D eigenvalue weighted by molar-refractivity contribution is -0.153. The highest BCUT2D eigenvalue weighted by Crippen LogP contribution is 2.46. The number of H-pyrrole nitrogens is 2. The molecule has 11 rings (SSSR count). The maximum atomic E-state index is 13.7. The minimum atomic E-state index is -0.324. The van der Waals surface area contributed by atoms with Gasteiger partial charge in [0.1, 0.15) is 24.4 Å². The van der Waals surface area contributed by atoms with Crippen LogP contribution < -0.4 is 0 Å². The Morgan fingerprint density at radius 1 is 0.319 bits per heavy atom. The summed E-state index contributed by atoms with van der Waals surface area (Å²) >= 11 is 0. The molecule has 3 aromatic rings. The highest BCUT2D eigenvalue weighted by molar-refractivity contribution is 5.85. The first-order valence-corrected chi connectivity index (χ1v) is 28.3. The van der Waals surface area contributed by atoms with Crippen molar-refractivity contribution in [3.8, 4) is 0 Å². The molecule has 382 valence electrons. The summed E-state index contributed by atoms with van der Waals surface area (Å²) in [6.45, 7) is 0. The highest BCUT2D eigenvalue weighted by Gasteiger charge is 2.39. The zero-order valence-electron chi connectivity index (χ0n) is 42.2. The summed E-state index contributed by atoms with van der Waals surface area (Å²) in [5.74, 6) is -1.11.